The van der Waals surface area contributed by atoms with Crippen LogP contribution in [-0.4, -0.2) is 12.3 Å². The van der Waals surface area contributed by atoms with Crippen LogP contribution in [0.15, 0.2) is 36.6 Å². The lowest BCUT2D eigenvalue weighted by atomic mass is 9.91. The average Bonchev–Trinajstić information content (AvgIpc) is 2.53. The van der Waals surface area contributed by atoms with Crippen molar-refractivity contribution in [3.05, 3.63) is 53.3 Å². The van der Waals surface area contributed by atoms with Crippen LogP contribution in [0.1, 0.15) is 50.3 Å². The zero-order chi connectivity index (χ0) is 15.4. The quantitative estimate of drug-likeness (QED) is 0.768. The van der Waals surface area contributed by atoms with Crippen LogP contribution in [0.5, 0.6) is 0 Å². The van der Waals surface area contributed by atoms with Crippen LogP contribution in [0.3, 0.4) is 0 Å². The van der Waals surface area contributed by atoms with Crippen molar-refractivity contribution in [3.63, 3.8) is 0 Å². The standard InChI is InChI=1S/C19H26N2/c1-5-15-11-16(6-2)19(18(12-15)14(3)4)21-10-8-7-9-17(21)13-20/h7-14,17,20H,5-6H2,1-4H3. The molecule has 0 aromatic heterocycles. The van der Waals surface area contributed by atoms with E-state index in [0.29, 0.717) is 5.92 Å². The molecule has 1 aromatic carbocycles. The van der Waals surface area contributed by atoms with Crippen LogP contribution >= 0.6 is 0 Å². The van der Waals surface area contributed by atoms with Crippen LogP contribution in [0.4, 0.5) is 5.69 Å². The normalized spacial score (nSPS) is 17.6. The van der Waals surface area contributed by atoms with Gasteiger partial charge in [0.15, 0.2) is 0 Å². The number of nitrogens with one attached hydrogen (secondary N) is 1. The van der Waals surface area contributed by atoms with E-state index in [0.717, 1.165) is 12.8 Å². The lowest BCUT2D eigenvalue weighted by molar-refractivity contribution is 0.836. The number of hydrogen-bond acceptors (Lipinski definition) is 2. The first-order valence-corrected chi connectivity index (χ1v) is 7.91. The van der Waals surface area contributed by atoms with Crippen molar-refractivity contribution in [2.75, 3.05) is 4.90 Å². The van der Waals surface area contributed by atoms with E-state index in [1.807, 2.05) is 6.08 Å². The van der Waals surface area contributed by atoms with Gasteiger partial charge in [0, 0.05) is 18.1 Å². The minimum absolute atomic E-state index is 0.0188. The summed E-state index contributed by atoms with van der Waals surface area (Å²) in [6, 6.07) is 4.69. The smallest absolute Gasteiger partial charge is 0.0867 e. The molecule has 0 bridgehead atoms. The maximum atomic E-state index is 7.71. The zero-order valence-electron chi connectivity index (χ0n) is 13.6. The molecule has 0 aliphatic carbocycles. The Bertz CT molecular complexity index is 567. The molecule has 0 spiro atoms. The van der Waals surface area contributed by atoms with Crippen molar-refractivity contribution in [2.24, 2.45) is 0 Å². The van der Waals surface area contributed by atoms with E-state index < -0.39 is 0 Å². The molecular formula is C19H26N2. The van der Waals surface area contributed by atoms with Crippen molar-refractivity contribution in [1.29, 1.82) is 5.41 Å². The fourth-order valence-corrected chi connectivity index (χ4v) is 2.89. The molecule has 1 atom stereocenters. The molecule has 1 aliphatic rings. The van der Waals surface area contributed by atoms with Crippen LogP contribution < -0.4 is 4.90 Å². The summed E-state index contributed by atoms with van der Waals surface area (Å²) in [5.41, 5.74) is 5.46. The summed E-state index contributed by atoms with van der Waals surface area (Å²) in [6.45, 7) is 8.93. The molecule has 2 nitrogen and oxygen atoms in total. The van der Waals surface area contributed by atoms with E-state index in [9.17, 15) is 0 Å². The van der Waals surface area contributed by atoms with Gasteiger partial charge >= 0.3 is 0 Å². The van der Waals surface area contributed by atoms with Crippen LogP contribution in [-0.2, 0) is 12.8 Å². The number of nitrogens with zero attached hydrogens (tertiary/aromatic N) is 1. The first-order valence-electron chi connectivity index (χ1n) is 7.91. The fourth-order valence-electron chi connectivity index (χ4n) is 2.89. The summed E-state index contributed by atoms with van der Waals surface area (Å²) in [4.78, 5) is 2.24. The van der Waals surface area contributed by atoms with Gasteiger partial charge in [-0.2, -0.15) is 0 Å². The molecule has 2 heteroatoms. The van der Waals surface area contributed by atoms with Crippen LogP contribution in [0, 0.1) is 5.41 Å². The molecule has 1 aliphatic heterocycles. The van der Waals surface area contributed by atoms with Crippen LogP contribution in [0.25, 0.3) is 0 Å². The Morgan fingerprint density at radius 3 is 2.52 bits per heavy atom. The number of hydrogen-bond donors (Lipinski definition) is 1. The Balaban J connectivity index is 2.62. The van der Waals surface area contributed by atoms with Gasteiger partial charge in [0.05, 0.1) is 6.04 Å². The third-order valence-electron chi connectivity index (χ3n) is 4.11. The number of allylic oxidation sites excluding steroid dienone is 2. The molecule has 0 fully saturated rings. The van der Waals surface area contributed by atoms with Gasteiger partial charge in [0.25, 0.3) is 0 Å². The molecule has 0 saturated carbocycles. The van der Waals surface area contributed by atoms with Gasteiger partial charge in [-0.3, -0.25) is 0 Å². The lowest BCUT2D eigenvalue weighted by Crippen LogP contribution is -2.33. The highest BCUT2D eigenvalue weighted by Crippen LogP contribution is 2.35. The lowest BCUT2D eigenvalue weighted by Gasteiger charge is -2.33. The summed E-state index contributed by atoms with van der Waals surface area (Å²) in [6.07, 6.45) is 11.8. The van der Waals surface area contributed by atoms with Crippen molar-refractivity contribution in [2.45, 2.75) is 52.5 Å². The Morgan fingerprint density at radius 1 is 1.19 bits per heavy atom. The summed E-state index contributed by atoms with van der Waals surface area (Å²) in [7, 11) is 0. The second-order valence-corrected chi connectivity index (χ2v) is 5.85. The minimum atomic E-state index is 0.0188. The molecule has 112 valence electrons. The summed E-state index contributed by atoms with van der Waals surface area (Å²) in [5, 5.41) is 7.71. The average molecular weight is 282 g/mol. The van der Waals surface area contributed by atoms with E-state index in [4.69, 9.17) is 5.41 Å². The largest absolute Gasteiger partial charge is 0.336 e. The van der Waals surface area contributed by atoms with Gasteiger partial charge in [-0.1, -0.05) is 52.0 Å². The van der Waals surface area contributed by atoms with E-state index in [1.54, 1.807) is 0 Å². The highest BCUT2D eigenvalue weighted by molar-refractivity contribution is 5.76. The van der Waals surface area contributed by atoms with Gasteiger partial charge in [-0.05, 0) is 41.5 Å². The summed E-state index contributed by atoms with van der Waals surface area (Å²) >= 11 is 0. The third-order valence-corrected chi connectivity index (χ3v) is 4.11. The molecule has 1 aromatic rings. The predicted molar refractivity (Wildman–Crippen MR) is 92.6 cm³/mol. The van der Waals surface area contributed by atoms with Crippen molar-refractivity contribution >= 4 is 11.9 Å². The molecule has 1 N–H and O–H groups in total. The van der Waals surface area contributed by atoms with Crippen molar-refractivity contribution in [1.82, 2.24) is 0 Å². The Labute approximate surface area is 128 Å². The van der Waals surface area contributed by atoms with E-state index in [-0.39, 0.29) is 6.04 Å². The molecule has 1 unspecified atom stereocenters. The number of rotatable bonds is 5. The predicted octanol–water partition coefficient (Wildman–Crippen LogP) is 4.84. The maximum Gasteiger partial charge on any atom is 0.0867 e. The molecular weight excluding hydrogens is 256 g/mol. The van der Waals surface area contributed by atoms with Gasteiger partial charge in [-0.25, -0.2) is 0 Å². The highest BCUT2D eigenvalue weighted by Gasteiger charge is 2.21. The minimum Gasteiger partial charge on any atom is -0.336 e. The third kappa shape index (κ3) is 3.10. The van der Waals surface area contributed by atoms with E-state index in [2.05, 4.69) is 63.1 Å². The topological polar surface area (TPSA) is 27.1 Å². The first kappa shape index (κ1) is 15.6. The van der Waals surface area contributed by atoms with Crippen LogP contribution in [0.2, 0.25) is 0 Å². The second kappa shape index (κ2) is 6.75. The van der Waals surface area contributed by atoms with E-state index >= 15 is 0 Å². The summed E-state index contributed by atoms with van der Waals surface area (Å²) < 4.78 is 0. The van der Waals surface area contributed by atoms with Crippen molar-refractivity contribution in [3.8, 4) is 0 Å². The molecule has 2 rings (SSSR count). The molecule has 0 amide bonds. The number of anilines is 1. The highest BCUT2D eigenvalue weighted by atomic mass is 15.2. The number of aryl methyl sites for hydroxylation is 2. The Kier molecular flexibility index (Phi) is 5.00. The molecule has 0 radical (unpaired) electrons. The molecule has 0 saturated heterocycles. The van der Waals surface area contributed by atoms with Gasteiger partial charge in [-0.15, -0.1) is 0 Å². The van der Waals surface area contributed by atoms with Gasteiger partial charge < -0.3 is 10.3 Å². The van der Waals surface area contributed by atoms with E-state index in [1.165, 1.54) is 28.6 Å². The monoisotopic (exact) mass is 282 g/mol. The Morgan fingerprint density at radius 2 is 1.95 bits per heavy atom. The Hall–Kier alpha value is -1.83. The maximum absolute atomic E-state index is 7.71. The molecule has 21 heavy (non-hydrogen) atoms. The van der Waals surface area contributed by atoms with Crippen molar-refractivity contribution < 1.29 is 0 Å². The molecule has 1 heterocycles. The SMILES string of the molecule is CCc1cc(CC)c(N2C=CC=CC2C=N)c(C(C)C)c1. The fraction of sp³-hybridized carbons (Fsp3) is 0.421. The summed E-state index contributed by atoms with van der Waals surface area (Å²) in [5.74, 6) is 0.475. The van der Waals surface area contributed by atoms with Gasteiger partial charge in [0.2, 0.25) is 0 Å². The first-order chi connectivity index (χ1) is 10.1. The zero-order valence-corrected chi connectivity index (χ0v) is 13.6. The van der Waals surface area contributed by atoms with Gasteiger partial charge in [0.1, 0.15) is 0 Å². The second-order valence-electron chi connectivity index (χ2n) is 5.85. The number of benzene rings is 1.